The van der Waals surface area contributed by atoms with Crippen molar-refractivity contribution in [2.45, 2.75) is 49.4 Å². The second-order valence-corrected chi connectivity index (χ2v) is 5.32. The lowest BCUT2D eigenvalue weighted by Crippen LogP contribution is -2.48. The largest absolute Gasteiger partial charge is 0.390 e. The summed E-state index contributed by atoms with van der Waals surface area (Å²) in [4.78, 5) is 24.8. The lowest BCUT2D eigenvalue weighted by Gasteiger charge is -2.30. The molecule has 1 saturated heterocycles. The summed E-state index contributed by atoms with van der Waals surface area (Å²) in [6.07, 6.45) is -1.94. The van der Waals surface area contributed by atoms with Crippen molar-refractivity contribution in [3.63, 3.8) is 0 Å². The van der Waals surface area contributed by atoms with Crippen molar-refractivity contribution in [2.75, 3.05) is 0 Å². The molecule has 1 aliphatic heterocycles. The summed E-state index contributed by atoms with van der Waals surface area (Å²) >= 11 is 0. The minimum absolute atomic E-state index is 0.404. The van der Waals surface area contributed by atoms with E-state index in [2.05, 4.69) is 4.98 Å². The van der Waals surface area contributed by atoms with E-state index in [0.717, 1.165) is 10.6 Å². The molecule has 4 N–H and O–H groups in total. The smallest absolute Gasteiger partial charge is 0.330 e. The number of hydrogen-bond acceptors (Lipinski definition) is 6. The average molecular weight is 284 g/mol. The van der Waals surface area contributed by atoms with Crippen LogP contribution in [0.3, 0.4) is 0 Å². The van der Waals surface area contributed by atoms with Crippen molar-refractivity contribution in [1.82, 2.24) is 9.55 Å². The number of nitrogens with one attached hydrogen (secondary N) is 1. The van der Waals surface area contributed by atoms with Crippen LogP contribution in [-0.2, 0) is 4.74 Å². The molecule has 1 aliphatic carbocycles. The third-order valence-electron chi connectivity index (χ3n) is 4.19. The molecule has 8 heteroatoms. The van der Waals surface area contributed by atoms with Gasteiger partial charge in [0.25, 0.3) is 5.56 Å². The van der Waals surface area contributed by atoms with Crippen LogP contribution in [0.2, 0.25) is 0 Å². The Morgan fingerprint density at radius 2 is 2.10 bits per heavy atom. The van der Waals surface area contributed by atoms with Gasteiger partial charge in [0.2, 0.25) is 0 Å². The van der Waals surface area contributed by atoms with Crippen molar-refractivity contribution in [3.05, 3.63) is 33.1 Å². The molecule has 1 saturated carbocycles. The van der Waals surface area contributed by atoms with E-state index in [4.69, 9.17) is 4.74 Å². The third kappa shape index (κ3) is 1.76. The summed E-state index contributed by atoms with van der Waals surface area (Å²) in [6.45, 7) is 0. The molecule has 0 amide bonds. The van der Waals surface area contributed by atoms with Gasteiger partial charge >= 0.3 is 5.69 Å². The van der Waals surface area contributed by atoms with Crippen LogP contribution in [0.15, 0.2) is 21.9 Å². The van der Waals surface area contributed by atoms with E-state index in [-0.39, 0.29) is 0 Å². The molecule has 8 nitrogen and oxygen atoms in total. The van der Waals surface area contributed by atoms with Gasteiger partial charge in [-0.1, -0.05) is 0 Å². The zero-order chi connectivity index (χ0) is 14.5. The monoisotopic (exact) mass is 284 g/mol. The molecule has 0 aromatic carbocycles. The minimum Gasteiger partial charge on any atom is -0.390 e. The maximum absolute atomic E-state index is 11.7. The van der Waals surface area contributed by atoms with Gasteiger partial charge in [0.15, 0.2) is 6.23 Å². The predicted molar refractivity (Wildman–Crippen MR) is 66.0 cm³/mol. The van der Waals surface area contributed by atoms with Crippen LogP contribution in [-0.4, -0.2) is 48.8 Å². The highest BCUT2D eigenvalue weighted by molar-refractivity contribution is 5.08. The molecule has 2 heterocycles. The highest BCUT2D eigenvalue weighted by Crippen LogP contribution is 2.46. The Bertz CT molecular complexity index is 625. The number of hydrogen-bond donors (Lipinski definition) is 4. The van der Waals surface area contributed by atoms with E-state index in [1.54, 1.807) is 0 Å². The standard InChI is InChI=1S/C12H16N2O6/c15-6-2-1-4-12(6)9(18)8(17)10(20-12)14-5-3-7(16)13-11(14)19/h3,5-6,8-10,15,17-18H,1-2,4H2,(H,13,16,19)/t6-,8+,9+,10+,12-/m0/s1. The first-order chi connectivity index (χ1) is 9.45. The summed E-state index contributed by atoms with van der Waals surface area (Å²) in [5, 5.41) is 30.3. The van der Waals surface area contributed by atoms with Crippen LogP contribution in [0.4, 0.5) is 0 Å². The summed E-state index contributed by atoms with van der Waals surface area (Å²) in [7, 11) is 0. The second-order valence-electron chi connectivity index (χ2n) is 5.32. The number of ether oxygens (including phenoxy) is 1. The molecule has 20 heavy (non-hydrogen) atoms. The molecule has 1 spiro atoms. The molecule has 0 radical (unpaired) electrons. The normalized spacial score (nSPS) is 40.5. The molecule has 0 bridgehead atoms. The highest BCUT2D eigenvalue weighted by atomic mass is 16.6. The lowest BCUT2D eigenvalue weighted by molar-refractivity contribution is -0.149. The predicted octanol–water partition coefficient (Wildman–Crippen LogP) is -1.93. The number of aliphatic hydroxyl groups excluding tert-OH is 3. The van der Waals surface area contributed by atoms with Crippen LogP contribution in [0.1, 0.15) is 25.5 Å². The van der Waals surface area contributed by atoms with Crippen LogP contribution in [0.25, 0.3) is 0 Å². The van der Waals surface area contributed by atoms with Gasteiger partial charge in [0.05, 0.1) is 6.10 Å². The van der Waals surface area contributed by atoms with E-state index >= 15 is 0 Å². The molecule has 110 valence electrons. The van der Waals surface area contributed by atoms with E-state index < -0.39 is 41.4 Å². The third-order valence-corrected chi connectivity index (χ3v) is 4.19. The fourth-order valence-electron chi connectivity index (χ4n) is 3.12. The second kappa shape index (κ2) is 4.52. The van der Waals surface area contributed by atoms with Crippen molar-refractivity contribution >= 4 is 0 Å². The van der Waals surface area contributed by atoms with Gasteiger partial charge in [-0.25, -0.2) is 4.79 Å². The highest BCUT2D eigenvalue weighted by Gasteiger charge is 2.60. The van der Waals surface area contributed by atoms with Gasteiger partial charge in [0.1, 0.15) is 17.8 Å². The Hall–Kier alpha value is -1.48. The Labute approximate surface area is 113 Å². The van der Waals surface area contributed by atoms with Gasteiger partial charge in [-0.05, 0) is 19.3 Å². The number of aromatic amines is 1. The number of aromatic nitrogens is 2. The summed E-state index contributed by atoms with van der Waals surface area (Å²) < 4.78 is 6.65. The topological polar surface area (TPSA) is 125 Å². The zero-order valence-electron chi connectivity index (χ0n) is 10.6. The fourth-order valence-corrected chi connectivity index (χ4v) is 3.12. The van der Waals surface area contributed by atoms with Gasteiger partial charge in [-0.3, -0.25) is 14.3 Å². The van der Waals surface area contributed by atoms with Crippen molar-refractivity contribution in [1.29, 1.82) is 0 Å². The van der Waals surface area contributed by atoms with Crippen molar-refractivity contribution in [2.24, 2.45) is 0 Å². The van der Waals surface area contributed by atoms with Gasteiger partial charge in [0, 0.05) is 12.3 Å². The van der Waals surface area contributed by atoms with Crippen LogP contribution < -0.4 is 11.2 Å². The number of rotatable bonds is 1. The fraction of sp³-hybridized carbons (Fsp3) is 0.667. The molecule has 2 aliphatic rings. The van der Waals surface area contributed by atoms with Gasteiger partial charge in [-0.2, -0.15) is 0 Å². The van der Waals surface area contributed by atoms with Crippen molar-refractivity contribution in [3.8, 4) is 0 Å². The quantitative estimate of drug-likeness (QED) is 0.476. The summed E-state index contributed by atoms with van der Waals surface area (Å²) in [5.74, 6) is 0. The number of nitrogens with zero attached hydrogens (tertiary/aromatic N) is 1. The Morgan fingerprint density at radius 3 is 2.70 bits per heavy atom. The maximum atomic E-state index is 11.7. The summed E-state index contributed by atoms with van der Waals surface area (Å²) in [6, 6.07) is 1.12. The van der Waals surface area contributed by atoms with E-state index in [1.165, 1.54) is 6.20 Å². The minimum atomic E-state index is -1.36. The number of H-pyrrole nitrogens is 1. The molecular weight excluding hydrogens is 268 g/mol. The van der Waals surface area contributed by atoms with Gasteiger partial charge in [-0.15, -0.1) is 0 Å². The van der Waals surface area contributed by atoms with E-state index in [1.807, 2.05) is 0 Å². The molecule has 3 rings (SSSR count). The Morgan fingerprint density at radius 1 is 1.35 bits per heavy atom. The SMILES string of the molecule is O=c1ccn([C@@H]2O[C@]3(CCC[C@@H]3O)[C@H](O)[C@H]2O)c(=O)[nH]1. The Kier molecular flexibility index (Phi) is 3.05. The molecule has 2 fully saturated rings. The van der Waals surface area contributed by atoms with Gasteiger partial charge < -0.3 is 20.1 Å². The lowest BCUT2D eigenvalue weighted by atomic mass is 9.91. The van der Waals surface area contributed by atoms with E-state index in [0.29, 0.717) is 19.3 Å². The zero-order valence-corrected chi connectivity index (χ0v) is 10.6. The van der Waals surface area contributed by atoms with Crippen molar-refractivity contribution < 1.29 is 20.1 Å². The van der Waals surface area contributed by atoms with Crippen LogP contribution in [0, 0.1) is 0 Å². The molecule has 5 atom stereocenters. The van der Waals surface area contributed by atoms with Crippen LogP contribution >= 0.6 is 0 Å². The first kappa shape index (κ1) is 13.5. The first-order valence-corrected chi connectivity index (χ1v) is 6.49. The molecule has 0 unspecified atom stereocenters. The first-order valence-electron chi connectivity index (χ1n) is 6.49. The number of aliphatic hydroxyl groups is 3. The maximum Gasteiger partial charge on any atom is 0.330 e. The average Bonchev–Trinajstić information content (AvgIpc) is 2.88. The van der Waals surface area contributed by atoms with Crippen LogP contribution in [0.5, 0.6) is 0 Å². The summed E-state index contributed by atoms with van der Waals surface area (Å²) in [5.41, 5.74) is -2.55. The molecule has 1 aromatic rings. The molecular formula is C12H16N2O6. The molecule has 1 aromatic heterocycles. The van der Waals surface area contributed by atoms with E-state index in [9.17, 15) is 24.9 Å². The Balaban J connectivity index is 2.00.